The lowest BCUT2D eigenvalue weighted by Crippen LogP contribution is -2.26. The molecule has 1 aromatic carbocycles. The van der Waals surface area contributed by atoms with Gasteiger partial charge >= 0.3 is 0 Å². The average molecular weight is 409 g/mol. The van der Waals surface area contributed by atoms with E-state index in [1.807, 2.05) is 22.9 Å². The van der Waals surface area contributed by atoms with Crippen molar-refractivity contribution in [2.75, 3.05) is 19.8 Å². The fraction of sp³-hybridized carbons (Fsp3) is 0.235. The molecule has 3 aromatic rings. The number of hydrogen-bond acceptors (Lipinski definition) is 7. The molecule has 26 heavy (non-hydrogen) atoms. The van der Waals surface area contributed by atoms with Crippen LogP contribution in [0.3, 0.4) is 0 Å². The van der Waals surface area contributed by atoms with Crippen LogP contribution in [0.4, 0.5) is 0 Å². The summed E-state index contributed by atoms with van der Waals surface area (Å²) in [4.78, 5) is 5.85. The van der Waals surface area contributed by atoms with Crippen LogP contribution >= 0.6 is 22.7 Å². The van der Waals surface area contributed by atoms with Gasteiger partial charge in [-0.25, -0.2) is 18.1 Å². The van der Waals surface area contributed by atoms with E-state index in [1.54, 1.807) is 28.7 Å². The number of nitrogens with one attached hydrogen (secondary N) is 1. The second kappa shape index (κ2) is 7.36. The van der Waals surface area contributed by atoms with Gasteiger partial charge < -0.3 is 9.47 Å². The number of aromatic nitrogens is 1. The first-order valence-corrected chi connectivity index (χ1v) is 11.2. The summed E-state index contributed by atoms with van der Waals surface area (Å²) in [6.45, 7) is 1.17. The van der Waals surface area contributed by atoms with Gasteiger partial charge in [-0.2, -0.15) is 0 Å². The highest BCUT2D eigenvalue weighted by molar-refractivity contribution is 7.89. The Morgan fingerprint density at radius 3 is 2.77 bits per heavy atom. The SMILES string of the molecule is O=S(=O)(NCCc1csc(-c2cccs2)n1)c1ccc2c(c1)OCCO2. The molecule has 1 aliphatic rings. The zero-order chi connectivity index (χ0) is 18.0. The molecule has 6 nitrogen and oxygen atoms in total. The maximum absolute atomic E-state index is 12.5. The Hall–Kier alpha value is -1.94. The summed E-state index contributed by atoms with van der Waals surface area (Å²) in [6.07, 6.45) is 0.533. The van der Waals surface area contributed by atoms with Crippen molar-refractivity contribution in [3.63, 3.8) is 0 Å². The normalized spacial score (nSPS) is 13.7. The minimum atomic E-state index is -3.61. The topological polar surface area (TPSA) is 77.5 Å². The maximum Gasteiger partial charge on any atom is 0.240 e. The van der Waals surface area contributed by atoms with E-state index in [0.717, 1.165) is 15.6 Å². The van der Waals surface area contributed by atoms with Gasteiger partial charge in [-0.05, 0) is 23.6 Å². The van der Waals surface area contributed by atoms with Crippen LogP contribution in [-0.4, -0.2) is 33.2 Å². The van der Waals surface area contributed by atoms with E-state index in [9.17, 15) is 8.42 Å². The van der Waals surface area contributed by atoms with Crippen molar-refractivity contribution in [1.29, 1.82) is 0 Å². The number of sulfonamides is 1. The van der Waals surface area contributed by atoms with Crippen molar-refractivity contribution in [2.24, 2.45) is 0 Å². The van der Waals surface area contributed by atoms with E-state index < -0.39 is 10.0 Å². The molecule has 1 N–H and O–H groups in total. The number of rotatable bonds is 6. The molecule has 2 aromatic heterocycles. The third kappa shape index (κ3) is 3.75. The molecular formula is C17H16N2O4S3. The van der Waals surface area contributed by atoms with Crippen LogP contribution < -0.4 is 14.2 Å². The highest BCUT2D eigenvalue weighted by Crippen LogP contribution is 2.32. The molecule has 0 unspecified atom stereocenters. The van der Waals surface area contributed by atoms with Crippen LogP contribution in [0.1, 0.15) is 5.69 Å². The van der Waals surface area contributed by atoms with E-state index in [2.05, 4.69) is 9.71 Å². The summed E-state index contributed by atoms with van der Waals surface area (Å²) in [6, 6.07) is 8.65. The maximum atomic E-state index is 12.5. The van der Waals surface area contributed by atoms with Crippen LogP contribution in [0.2, 0.25) is 0 Å². The highest BCUT2D eigenvalue weighted by atomic mass is 32.2. The lowest BCUT2D eigenvalue weighted by Gasteiger charge is -2.18. The number of benzene rings is 1. The predicted octanol–water partition coefficient (Wildman–Crippen LogP) is 3.16. The van der Waals surface area contributed by atoms with E-state index >= 15 is 0 Å². The van der Waals surface area contributed by atoms with Crippen molar-refractivity contribution < 1.29 is 17.9 Å². The zero-order valence-electron chi connectivity index (χ0n) is 13.7. The second-order valence-electron chi connectivity index (χ2n) is 5.57. The first-order chi connectivity index (χ1) is 12.6. The first-order valence-electron chi connectivity index (χ1n) is 7.99. The van der Waals surface area contributed by atoms with Crippen molar-refractivity contribution in [3.05, 3.63) is 46.8 Å². The number of hydrogen-bond donors (Lipinski definition) is 1. The Balaban J connectivity index is 1.39. The summed E-state index contributed by atoms with van der Waals surface area (Å²) in [5, 5.41) is 4.94. The summed E-state index contributed by atoms with van der Waals surface area (Å²) in [7, 11) is -3.61. The van der Waals surface area contributed by atoms with Gasteiger partial charge in [0.2, 0.25) is 10.0 Å². The van der Waals surface area contributed by atoms with Crippen LogP contribution in [0.5, 0.6) is 11.5 Å². The largest absolute Gasteiger partial charge is 0.486 e. The second-order valence-corrected chi connectivity index (χ2v) is 9.15. The number of nitrogens with zero attached hydrogens (tertiary/aromatic N) is 1. The minimum absolute atomic E-state index is 0.166. The molecular weight excluding hydrogens is 392 g/mol. The van der Waals surface area contributed by atoms with Crippen molar-refractivity contribution in [2.45, 2.75) is 11.3 Å². The number of fused-ring (bicyclic) bond motifs is 1. The lowest BCUT2D eigenvalue weighted by atomic mass is 10.3. The standard InChI is InChI=1S/C17H16N2O4S3/c20-26(21,13-3-4-14-15(10-13)23-8-7-22-14)18-6-5-12-11-25-17(19-12)16-2-1-9-24-16/h1-4,9-11,18H,5-8H2. The third-order valence-corrected chi connectivity index (χ3v) is 7.17. The molecule has 136 valence electrons. The molecule has 1 aliphatic heterocycles. The third-order valence-electron chi connectivity index (χ3n) is 3.78. The molecule has 4 rings (SSSR count). The average Bonchev–Trinajstić information content (AvgIpc) is 3.32. The van der Waals surface area contributed by atoms with Crippen molar-refractivity contribution in [3.8, 4) is 21.4 Å². The van der Waals surface area contributed by atoms with Gasteiger partial charge in [0, 0.05) is 24.4 Å². The Morgan fingerprint density at radius 2 is 1.96 bits per heavy atom. The number of ether oxygens (including phenoxy) is 2. The zero-order valence-corrected chi connectivity index (χ0v) is 16.1. The van der Waals surface area contributed by atoms with Crippen LogP contribution in [0, 0.1) is 0 Å². The molecule has 0 bridgehead atoms. The highest BCUT2D eigenvalue weighted by Gasteiger charge is 2.19. The van der Waals surface area contributed by atoms with Gasteiger partial charge in [-0.15, -0.1) is 22.7 Å². The van der Waals surface area contributed by atoms with E-state index in [1.165, 1.54) is 12.1 Å². The molecule has 0 amide bonds. The molecule has 0 atom stereocenters. The predicted molar refractivity (Wildman–Crippen MR) is 102 cm³/mol. The molecule has 0 saturated heterocycles. The fourth-order valence-corrected chi connectivity index (χ4v) is 5.24. The van der Waals surface area contributed by atoms with Crippen LogP contribution in [0.25, 0.3) is 9.88 Å². The van der Waals surface area contributed by atoms with Gasteiger partial charge in [0.25, 0.3) is 0 Å². The molecule has 0 spiro atoms. The lowest BCUT2D eigenvalue weighted by molar-refractivity contribution is 0.171. The summed E-state index contributed by atoms with van der Waals surface area (Å²) < 4.78 is 38.4. The Bertz CT molecular complexity index is 997. The van der Waals surface area contributed by atoms with Gasteiger partial charge in [0.1, 0.15) is 18.2 Å². The molecule has 9 heteroatoms. The molecule has 0 fully saturated rings. The summed E-state index contributed by atoms with van der Waals surface area (Å²) >= 11 is 3.21. The number of thiazole rings is 1. The van der Waals surface area contributed by atoms with Gasteiger partial charge in [-0.3, -0.25) is 0 Å². The monoisotopic (exact) mass is 408 g/mol. The number of thiophene rings is 1. The van der Waals surface area contributed by atoms with Crippen LogP contribution in [0.15, 0.2) is 46.0 Å². The van der Waals surface area contributed by atoms with Gasteiger partial charge in [-0.1, -0.05) is 6.07 Å². The summed E-state index contributed by atoms with van der Waals surface area (Å²) in [5.41, 5.74) is 0.878. The minimum Gasteiger partial charge on any atom is -0.486 e. The van der Waals surface area contributed by atoms with Gasteiger partial charge in [0.15, 0.2) is 11.5 Å². The smallest absolute Gasteiger partial charge is 0.240 e. The van der Waals surface area contributed by atoms with E-state index in [0.29, 0.717) is 31.1 Å². The summed E-state index contributed by atoms with van der Waals surface area (Å²) in [5.74, 6) is 1.03. The molecule has 0 radical (unpaired) electrons. The Labute approximate surface area is 159 Å². The Morgan fingerprint density at radius 1 is 1.12 bits per heavy atom. The van der Waals surface area contributed by atoms with Crippen molar-refractivity contribution in [1.82, 2.24) is 9.71 Å². The Kier molecular flexibility index (Phi) is 4.94. The van der Waals surface area contributed by atoms with Crippen molar-refractivity contribution >= 4 is 32.7 Å². The molecule has 0 saturated carbocycles. The first kappa shape index (κ1) is 17.5. The quantitative estimate of drug-likeness (QED) is 0.678. The van der Waals surface area contributed by atoms with E-state index in [4.69, 9.17) is 9.47 Å². The molecule has 0 aliphatic carbocycles. The van der Waals surface area contributed by atoms with E-state index in [-0.39, 0.29) is 11.4 Å². The fourth-order valence-electron chi connectivity index (χ4n) is 2.52. The van der Waals surface area contributed by atoms with Gasteiger partial charge in [0.05, 0.1) is 15.5 Å². The molecule has 3 heterocycles. The van der Waals surface area contributed by atoms with Crippen LogP contribution in [-0.2, 0) is 16.4 Å².